The molecule has 0 saturated carbocycles. The fourth-order valence-corrected chi connectivity index (χ4v) is 5.11. The van der Waals surface area contributed by atoms with E-state index >= 15 is 0 Å². The van der Waals surface area contributed by atoms with Crippen molar-refractivity contribution in [3.63, 3.8) is 0 Å². The lowest BCUT2D eigenvalue weighted by Crippen LogP contribution is -2.23. The van der Waals surface area contributed by atoms with Crippen LogP contribution in [0.4, 0.5) is 0 Å². The minimum atomic E-state index is 0.446. The maximum atomic E-state index is 4.42. The van der Waals surface area contributed by atoms with Gasteiger partial charge in [0.2, 0.25) is 0 Å². The maximum Gasteiger partial charge on any atom is 0.0593 e. The molecule has 1 atom stereocenters. The monoisotopic (exact) mass is 345 g/mol. The normalized spacial score (nSPS) is 20.2. The topological polar surface area (TPSA) is 21.1 Å². The molecule has 0 bridgehead atoms. The highest BCUT2D eigenvalue weighted by Gasteiger charge is 2.30. The van der Waals surface area contributed by atoms with E-state index in [1.54, 1.807) is 16.8 Å². The maximum absolute atomic E-state index is 4.42. The molecule has 2 aliphatic rings. The van der Waals surface area contributed by atoms with Crippen LogP contribution in [0.3, 0.4) is 0 Å². The molecule has 5 rings (SSSR count). The summed E-state index contributed by atoms with van der Waals surface area (Å²) >= 11 is 0. The van der Waals surface area contributed by atoms with Crippen molar-refractivity contribution in [2.75, 3.05) is 20.1 Å². The van der Waals surface area contributed by atoms with E-state index < -0.39 is 0 Å². The number of likely N-dealkylation sites (N-methyl/N-ethyl adjacent to an activating group) is 1. The van der Waals surface area contributed by atoms with Gasteiger partial charge in [-0.1, -0.05) is 11.6 Å². The SMILES string of the molecule is Cc1cc2c3c(c1)c1c(n3C(c3ccnc(C)c3)CC2)CCN(C)CC1. The third kappa shape index (κ3) is 2.41. The van der Waals surface area contributed by atoms with Crippen molar-refractivity contribution in [1.82, 2.24) is 14.5 Å². The van der Waals surface area contributed by atoms with Crippen LogP contribution in [-0.4, -0.2) is 34.6 Å². The Bertz CT molecular complexity index is 998. The molecule has 3 aromatic rings. The Morgan fingerprint density at radius 2 is 1.88 bits per heavy atom. The van der Waals surface area contributed by atoms with Crippen molar-refractivity contribution in [3.8, 4) is 0 Å². The van der Waals surface area contributed by atoms with Crippen molar-refractivity contribution in [2.45, 2.75) is 45.6 Å². The molecule has 1 aromatic carbocycles. The van der Waals surface area contributed by atoms with Gasteiger partial charge in [-0.2, -0.15) is 0 Å². The number of aromatic nitrogens is 2. The molecule has 0 amide bonds. The summed E-state index contributed by atoms with van der Waals surface area (Å²) in [6, 6.07) is 9.79. The number of rotatable bonds is 1. The van der Waals surface area contributed by atoms with Crippen molar-refractivity contribution >= 4 is 10.9 Å². The summed E-state index contributed by atoms with van der Waals surface area (Å²) in [6.07, 6.45) is 6.65. The number of hydrogen-bond acceptors (Lipinski definition) is 2. The Balaban J connectivity index is 1.79. The molecule has 0 aliphatic carbocycles. The van der Waals surface area contributed by atoms with Gasteiger partial charge in [-0.15, -0.1) is 0 Å². The summed E-state index contributed by atoms with van der Waals surface area (Å²) < 4.78 is 2.71. The summed E-state index contributed by atoms with van der Waals surface area (Å²) in [7, 11) is 2.25. The Hall–Kier alpha value is -2.13. The second-order valence-electron chi connectivity index (χ2n) is 8.20. The number of aryl methyl sites for hydroxylation is 3. The molecule has 0 N–H and O–H groups in total. The van der Waals surface area contributed by atoms with Gasteiger partial charge in [0.1, 0.15) is 0 Å². The molecule has 26 heavy (non-hydrogen) atoms. The number of hydrogen-bond donors (Lipinski definition) is 0. The van der Waals surface area contributed by atoms with E-state index in [1.807, 2.05) is 6.20 Å². The van der Waals surface area contributed by atoms with E-state index in [9.17, 15) is 0 Å². The number of benzene rings is 1. The summed E-state index contributed by atoms with van der Waals surface area (Å²) in [5, 5.41) is 1.51. The smallest absolute Gasteiger partial charge is 0.0593 e. The van der Waals surface area contributed by atoms with Crippen molar-refractivity contribution in [2.24, 2.45) is 0 Å². The minimum absolute atomic E-state index is 0.446. The van der Waals surface area contributed by atoms with Gasteiger partial charge in [-0.3, -0.25) is 4.98 Å². The Morgan fingerprint density at radius 1 is 1.04 bits per heavy atom. The predicted octanol–water partition coefficient (Wildman–Crippen LogP) is 4.22. The molecular weight excluding hydrogens is 318 g/mol. The first-order chi connectivity index (χ1) is 12.6. The second-order valence-corrected chi connectivity index (χ2v) is 8.20. The average molecular weight is 345 g/mol. The highest BCUT2D eigenvalue weighted by atomic mass is 15.1. The summed E-state index contributed by atoms with van der Waals surface area (Å²) in [5.74, 6) is 0. The second kappa shape index (κ2) is 5.95. The Morgan fingerprint density at radius 3 is 2.73 bits per heavy atom. The third-order valence-corrected chi connectivity index (χ3v) is 6.32. The van der Waals surface area contributed by atoms with Gasteiger partial charge >= 0.3 is 0 Å². The van der Waals surface area contributed by atoms with Crippen molar-refractivity contribution in [1.29, 1.82) is 0 Å². The summed E-state index contributed by atoms with van der Waals surface area (Å²) in [5.41, 5.74) is 10.2. The molecule has 0 spiro atoms. The van der Waals surface area contributed by atoms with Crippen molar-refractivity contribution < 1.29 is 0 Å². The molecule has 0 fully saturated rings. The van der Waals surface area contributed by atoms with E-state index in [-0.39, 0.29) is 0 Å². The van der Waals surface area contributed by atoms with Gasteiger partial charge < -0.3 is 9.47 Å². The van der Waals surface area contributed by atoms with Gasteiger partial charge in [0, 0.05) is 42.5 Å². The van der Waals surface area contributed by atoms with E-state index in [0.29, 0.717) is 6.04 Å². The van der Waals surface area contributed by atoms with Crippen molar-refractivity contribution in [3.05, 3.63) is 64.1 Å². The fraction of sp³-hybridized carbons (Fsp3) is 0.435. The Kier molecular flexibility index (Phi) is 3.68. The van der Waals surface area contributed by atoms with Crippen LogP contribution in [0.5, 0.6) is 0 Å². The minimum Gasteiger partial charge on any atom is -0.337 e. The summed E-state index contributed by atoms with van der Waals surface area (Å²) in [4.78, 5) is 6.90. The van der Waals surface area contributed by atoms with Crippen LogP contribution in [0.15, 0.2) is 30.5 Å². The van der Waals surface area contributed by atoms with Gasteiger partial charge in [0.25, 0.3) is 0 Å². The number of pyridine rings is 1. The third-order valence-electron chi connectivity index (χ3n) is 6.32. The largest absolute Gasteiger partial charge is 0.337 e. The summed E-state index contributed by atoms with van der Waals surface area (Å²) in [6.45, 7) is 6.67. The first-order valence-electron chi connectivity index (χ1n) is 9.88. The van der Waals surface area contributed by atoms with Crippen LogP contribution in [0.2, 0.25) is 0 Å². The predicted molar refractivity (Wildman–Crippen MR) is 107 cm³/mol. The molecule has 2 aromatic heterocycles. The van der Waals surface area contributed by atoms with E-state index in [1.165, 1.54) is 41.3 Å². The first-order valence-corrected chi connectivity index (χ1v) is 9.88. The zero-order valence-corrected chi connectivity index (χ0v) is 16.0. The number of fused-ring (bicyclic) bond motifs is 3. The lowest BCUT2D eigenvalue weighted by molar-refractivity contribution is 0.349. The molecule has 1 unspecified atom stereocenters. The molecular formula is C23H27N3. The molecule has 4 heterocycles. The van der Waals surface area contributed by atoms with Crippen LogP contribution < -0.4 is 0 Å². The van der Waals surface area contributed by atoms with Crippen LogP contribution in [-0.2, 0) is 19.3 Å². The van der Waals surface area contributed by atoms with Gasteiger partial charge in [0.05, 0.1) is 11.6 Å². The standard InChI is InChI=1S/C23H27N3/c1-15-12-18-4-5-21(17-6-9-24-16(2)14-17)26-22-8-11-25(3)10-7-19(22)20(13-15)23(18)26/h6,9,12-14,21H,4-5,7-8,10-11H2,1-3H3. The van der Waals surface area contributed by atoms with E-state index in [2.05, 4.69) is 59.6 Å². The van der Waals surface area contributed by atoms with Crippen LogP contribution in [0.25, 0.3) is 10.9 Å². The number of nitrogens with zero attached hydrogens (tertiary/aromatic N) is 3. The van der Waals surface area contributed by atoms with Crippen LogP contribution in [0.1, 0.15) is 46.1 Å². The quantitative estimate of drug-likeness (QED) is 0.658. The molecule has 2 aliphatic heterocycles. The van der Waals surface area contributed by atoms with Crippen LogP contribution >= 0.6 is 0 Å². The van der Waals surface area contributed by atoms with Crippen LogP contribution in [0, 0.1) is 13.8 Å². The highest BCUT2D eigenvalue weighted by Crippen LogP contribution is 2.41. The molecule has 0 saturated heterocycles. The molecule has 3 heteroatoms. The van der Waals surface area contributed by atoms with Gasteiger partial charge in [0.15, 0.2) is 0 Å². The lowest BCUT2D eigenvalue weighted by Gasteiger charge is -2.29. The zero-order chi connectivity index (χ0) is 17.8. The van der Waals surface area contributed by atoms with E-state index in [4.69, 9.17) is 0 Å². The Labute approximate surface area is 155 Å². The lowest BCUT2D eigenvalue weighted by atomic mass is 9.92. The molecule has 3 nitrogen and oxygen atoms in total. The van der Waals surface area contributed by atoms with E-state index in [0.717, 1.165) is 25.2 Å². The molecule has 0 radical (unpaired) electrons. The van der Waals surface area contributed by atoms with Gasteiger partial charge in [-0.05, 0) is 75.0 Å². The fourth-order valence-electron chi connectivity index (χ4n) is 5.11. The highest BCUT2D eigenvalue weighted by molar-refractivity contribution is 5.90. The van der Waals surface area contributed by atoms with Gasteiger partial charge in [-0.25, -0.2) is 0 Å². The molecule has 134 valence electrons. The first kappa shape index (κ1) is 16.1. The zero-order valence-electron chi connectivity index (χ0n) is 16.0. The average Bonchev–Trinajstić information content (AvgIpc) is 2.79.